The van der Waals surface area contributed by atoms with E-state index in [-0.39, 0.29) is 11.6 Å². The van der Waals surface area contributed by atoms with Crippen LogP contribution in [0.25, 0.3) is 5.57 Å². The van der Waals surface area contributed by atoms with Crippen molar-refractivity contribution < 1.29 is 9.59 Å². The normalized spacial score (nSPS) is 13.8. The van der Waals surface area contributed by atoms with Gasteiger partial charge in [0.2, 0.25) is 5.78 Å². The average Bonchev–Trinajstić information content (AvgIpc) is 2.58. The van der Waals surface area contributed by atoms with Gasteiger partial charge in [-0.1, -0.05) is 60.2 Å². The van der Waals surface area contributed by atoms with Crippen LogP contribution in [0.4, 0.5) is 0 Å². The lowest BCUT2D eigenvalue weighted by atomic mass is 9.84. The van der Waals surface area contributed by atoms with Crippen LogP contribution in [-0.4, -0.2) is 18.1 Å². The van der Waals surface area contributed by atoms with Gasteiger partial charge in [0, 0.05) is 17.7 Å². The molecule has 1 aliphatic rings. The molecule has 3 rings (SSSR count). The Morgan fingerprint density at radius 2 is 1.57 bits per heavy atom. The highest BCUT2D eigenvalue weighted by Crippen LogP contribution is 2.31. The first-order chi connectivity index (χ1) is 11.1. The molecule has 0 heterocycles. The zero-order valence-electron chi connectivity index (χ0n) is 12.9. The molecule has 0 radical (unpaired) electrons. The maximum Gasteiger partial charge on any atom is 0.210 e. The molecule has 0 fully saturated rings. The van der Waals surface area contributed by atoms with Gasteiger partial charge in [0.05, 0.1) is 11.3 Å². The van der Waals surface area contributed by atoms with Crippen molar-refractivity contribution in [2.45, 2.75) is 6.92 Å². The van der Waals surface area contributed by atoms with Crippen LogP contribution in [0.2, 0.25) is 0 Å². The van der Waals surface area contributed by atoms with Crippen molar-refractivity contribution >= 4 is 17.1 Å². The second-order valence-electron chi connectivity index (χ2n) is 5.49. The van der Waals surface area contributed by atoms with Gasteiger partial charge in [-0.3, -0.25) is 9.59 Å². The number of nitrogens with one attached hydrogen (secondary N) is 1. The molecule has 1 N–H and O–H groups in total. The third kappa shape index (κ3) is 2.61. The number of hydrogen-bond acceptors (Lipinski definition) is 3. The summed E-state index contributed by atoms with van der Waals surface area (Å²) in [7, 11) is 0. The molecule has 0 saturated carbocycles. The van der Waals surface area contributed by atoms with Crippen LogP contribution in [0.5, 0.6) is 0 Å². The summed E-state index contributed by atoms with van der Waals surface area (Å²) in [6.45, 7) is 6.07. The van der Waals surface area contributed by atoms with Gasteiger partial charge >= 0.3 is 0 Å². The quantitative estimate of drug-likeness (QED) is 0.878. The smallest absolute Gasteiger partial charge is 0.210 e. The average molecular weight is 303 g/mol. The van der Waals surface area contributed by atoms with Crippen LogP contribution in [0, 0.1) is 6.92 Å². The van der Waals surface area contributed by atoms with Crippen LogP contribution in [0.15, 0.2) is 66.9 Å². The minimum Gasteiger partial charge on any atom is -0.378 e. The second-order valence-corrected chi connectivity index (χ2v) is 5.49. The van der Waals surface area contributed by atoms with Gasteiger partial charge in [-0.05, 0) is 12.5 Å². The number of carbonyl (C=O) groups excluding carboxylic acids is 2. The number of carbonyl (C=O) groups is 2. The predicted molar refractivity (Wildman–Crippen MR) is 91.4 cm³/mol. The van der Waals surface area contributed by atoms with E-state index in [2.05, 4.69) is 11.9 Å². The molecule has 0 aromatic heterocycles. The number of hydrogen-bond donors (Lipinski definition) is 1. The Hall–Kier alpha value is -2.94. The summed E-state index contributed by atoms with van der Waals surface area (Å²) < 4.78 is 0. The Kier molecular flexibility index (Phi) is 3.94. The van der Waals surface area contributed by atoms with Crippen molar-refractivity contribution in [3.05, 3.63) is 89.1 Å². The first kappa shape index (κ1) is 15.0. The summed E-state index contributed by atoms with van der Waals surface area (Å²) in [5, 5.41) is 3.05. The van der Waals surface area contributed by atoms with Crippen LogP contribution >= 0.6 is 0 Å². The Morgan fingerprint density at radius 1 is 0.957 bits per heavy atom. The third-order valence-electron chi connectivity index (χ3n) is 3.88. The predicted octanol–water partition coefficient (Wildman–Crippen LogP) is 3.56. The summed E-state index contributed by atoms with van der Waals surface area (Å²) in [5.74, 6) is -0.284. The zero-order valence-corrected chi connectivity index (χ0v) is 12.9. The first-order valence-electron chi connectivity index (χ1n) is 7.48. The topological polar surface area (TPSA) is 46.2 Å². The molecule has 3 nitrogen and oxygen atoms in total. The highest BCUT2D eigenvalue weighted by Gasteiger charge is 2.32. The number of Topliss-reactive ketones (excluding diaryl/α,β-unsaturated/α-hetero) is 2. The van der Waals surface area contributed by atoms with Gasteiger partial charge in [0.25, 0.3) is 0 Å². The van der Waals surface area contributed by atoms with E-state index in [1.807, 2.05) is 31.2 Å². The fourth-order valence-electron chi connectivity index (χ4n) is 2.71. The van der Waals surface area contributed by atoms with Gasteiger partial charge in [0.15, 0.2) is 5.78 Å². The first-order valence-corrected chi connectivity index (χ1v) is 7.48. The molecule has 0 amide bonds. The molecule has 114 valence electrons. The minimum atomic E-state index is -0.155. The maximum absolute atomic E-state index is 12.9. The molecule has 3 heteroatoms. The Bertz CT molecular complexity index is 829. The zero-order chi connectivity index (χ0) is 16.4. The monoisotopic (exact) mass is 303 g/mol. The molecule has 23 heavy (non-hydrogen) atoms. The van der Waals surface area contributed by atoms with Crippen LogP contribution in [0.1, 0.15) is 31.8 Å². The van der Waals surface area contributed by atoms with Gasteiger partial charge < -0.3 is 5.32 Å². The van der Waals surface area contributed by atoms with E-state index in [0.717, 1.165) is 11.1 Å². The van der Waals surface area contributed by atoms with Crippen molar-refractivity contribution in [1.82, 2.24) is 5.32 Å². The summed E-state index contributed by atoms with van der Waals surface area (Å²) in [6.07, 6.45) is 1.66. The molecule has 1 aliphatic carbocycles. The van der Waals surface area contributed by atoms with Gasteiger partial charge in [-0.15, -0.1) is 6.58 Å². The number of aryl methyl sites for hydroxylation is 1. The van der Waals surface area contributed by atoms with Crippen LogP contribution in [0.3, 0.4) is 0 Å². The van der Waals surface area contributed by atoms with Crippen molar-refractivity contribution in [3.63, 3.8) is 0 Å². The molecule has 0 atom stereocenters. The SMILES string of the molecule is C=CCNC1=C(c2ccc(C)cc2)C(=O)c2ccccc2C1=O. The second kappa shape index (κ2) is 6.05. The van der Waals surface area contributed by atoms with Crippen molar-refractivity contribution in [3.8, 4) is 0 Å². The minimum absolute atomic E-state index is 0.129. The molecular weight excluding hydrogens is 286 g/mol. The number of rotatable bonds is 4. The molecule has 2 aromatic carbocycles. The molecule has 0 unspecified atom stereocenters. The lowest BCUT2D eigenvalue weighted by Gasteiger charge is -2.22. The maximum atomic E-state index is 12.9. The third-order valence-corrected chi connectivity index (χ3v) is 3.88. The molecule has 0 bridgehead atoms. The lowest BCUT2D eigenvalue weighted by molar-refractivity contribution is 0.0986. The number of fused-ring (bicyclic) bond motifs is 1. The molecule has 0 spiro atoms. The molecular formula is C20H17NO2. The fourth-order valence-corrected chi connectivity index (χ4v) is 2.71. The molecule has 2 aromatic rings. The Labute approximate surface area is 135 Å². The molecule has 0 saturated heterocycles. The van der Waals surface area contributed by atoms with E-state index >= 15 is 0 Å². The van der Waals surface area contributed by atoms with E-state index in [4.69, 9.17) is 0 Å². The van der Waals surface area contributed by atoms with Gasteiger partial charge in [-0.25, -0.2) is 0 Å². The van der Waals surface area contributed by atoms with E-state index in [1.54, 1.807) is 30.3 Å². The van der Waals surface area contributed by atoms with Gasteiger partial charge in [0.1, 0.15) is 0 Å². The van der Waals surface area contributed by atoms with Gasteiger partial charge in [-0.2, -0.15) is 0 Å². The summed E-state index contributed by atoms with van der Waals surface area (Å²) in [6, 6.07) is 14.6. The summed E-state index contributed by atoms with van der Waals surface area (Å²) in [4.78, 5) is 25.8. The summed E-state index contributed by atoms with van der Waals surface area (Å²) in [5.41, 5.74) is 3.52. The number of ketones is 2. The van der Waals surface area contributed by atoms with Crippen LogP contribution in [-0.2, 0) is 0 Å². The Morgan fingerprint density at radius 3 is 2.17 bits per heavy atom. The summed E-state index contributed by atoms with van der Waals surface area (Å²) >= 11 is 0. The van der Waals surface area contributed by atoms with Crippen molar-refractivity contribution in [2.24, 2.45) is 0 Å². The highest BCUT2D eigenvalue weighted by molar-refractivity contribution is 6.40. The largest absolute Gasteiger partial charge is 0.378 e. The number of benzene rings is 2. The van der Waals surface area contributed by atoms with E-state index < -0.39 is 0 Å². The van der Waals surface area contributed by atoms with Crippen molar-refractivity contribution in [2.75, 3.05) is 6.54 Å². The van der Waals surface area contributed by atoms with Crippen LogP contribution < -0.4 is 5.32 Å². The Balaban J connectivity index is 2.21. The van der Waals surface area contributed by atoms with E-state index in [1.165, 1.54) is 0 Å². The van der Waals surface area contributed by atoms with E-state index in [9.17, 15) is 9.59 Å². The molecule has 0 aliphatic heterocycles. The fraction of sp³-hybridized carbons (Fsp3) is 0.100. The van der Waals surface area contributed by atoms with E-state index in [0.29, 0.717) is 28.9 Å². The van der Waals surface area contributed by atoms with Crippen molar-refractivity contribution in [1.29, 1.82) is 0 Å². The lowest BCUT2D eigenvalue weighted by Crippen LogP contribution is -2.30. The highest BCUT2D eigenvalue weighted by atomic mass is 16.1. The number of allylic oxidation sites excluding steroid dienone is 2. The standard InChI is InChI=1S/C20H17NO2/c1-3-12-21-18-17(14-10-8-13(2)9-11-14)19(22)15-6-4-5-7-16(15)20(18)23/h3-11,21H,1,12H2,2H3.